The van der Waals surface area contributed by atoms with E-state index in [0.29, 0.717) is 22.9 Å². The minimum atomic E-state index is -0.384. The number of nitrogens with one attached hydrogen (secondary N) is 2. The van der Waals surface area contributed by atoms with Gasteiger partial charge >= 0.3 is 5.97 Å². The summed E-state index contributed by atoms with van der Waals surface area (Å²) in [6, 6.07) is 18.8. The Labute approximate surface area is 150 Å². The number of para-hydroxylation sites is 1. The molecule has 0 radical (unpaired) electrons. The Morgan fingerprint density at radius 3 is 2.60 bits per heavy atom. The zero-order chi connectivity index (χ0) is 17.5. The van der Waals surface area contributed by atoms with Gasteiger partial charge in [-0.2, -0.15) is 0 Å². The summed E-state index contributed by atoms with van der Waals surface area (Å²) in [7, 11) is 1.55. The number of esters is 1. The molecule has 0 spiro atoms. The molecule has 0 aliphatic carbocycles. The molecule has 1 aromatic heterocycles. The highest BCUT2D eigenvalue weighted by molar-refractivity contribution is 7.12. The van der Waals surface area contributed by atoms with Gasteiger partial charge in [-0.15, -0.1) is 11.3 Å². The number of hydrazine groups is 1. The van der Waals surface area contributed by atoms with Crippen LogP contribution in [0.5, 0.6) is 11.5 Å². The Morgan fingerprint density at radius 2 is 1.88 bits per heavy atom. The highest BCUT2D eigenvalue weighted by Crippen LogP contribution is 2.29. The molecule has 128 valence electrons. The van der Waals surface area contributed by atoms with Gasteiger partial charge in [-0.25, -0.2) is 10.2 Å². The maximum atomic E-state index is 12.1. The van der Waals surface area contributed by atoms with E-state index < -0.39 is 0 Å². The highest BCUT2D eigenvalue weighted by atomic mass is 32.1. The van der Waals surface area contributed by atoms with Gasteiger partial charge in [0.05, 0.1) is 7.11 Å². The van der Waals surface area contributed by atoms with Crippen LogP contribution < -0.4 is 20.3 Å². The summed E-state index contributed by atoms with van der Waals surface area (Å²) in [5, 5.41) is 1.84. The first-order chi connectivity index (χ1) is 12.3. The molecule has 3 rings (SSSR count). The Balaban J connectivity index is 1.62. The second kappa shape index (κ2) is 8.32. The summed E-state index contributed by atoms with van der Waals surface area (Å²) in [4.78, 5) is 12.6. The lowest BCUT2D eigenvalue weighted by Crippen LogP contribution is -2.20. The Hall–Kier alpha value is -2.83. The lowest BCUT2D eigenvalue weighted by molar-refractivity contribution is 0.0735. The second-order valence-electron chi connectivity index (χ2n) is 5.20. The molecule has 3 aromatic rings. The first kappa shape index (κ1) is 17.0. The topological polar surface area (TPSA) is 59.6 Å². The first-order valence-electron chi connectivity index (χ1n) is 7.73. The van der Waals surface area contributed by atoms with E-state index in [-0.39, 0.29) is 5.97 Å². The molecule has 0 aliphatic heterocycles. The minimum absolute atomic E-state index is 0.384. The number of rotatable bonds is 7. The van der Waals surface area contributed by atoms with Gasteiger partial charge in [0.2, 0.25) is 0 Å². The highest BCUT2D eigenvalue weighted by Gasteiger charge is 2.13. The fourth-order valence-corrected chi connectivity index (χ4v) is 2.82. The van der Waals surface area contributed by atoms with Crippen molar-refractivity contribution in [2.45, 2.75) is 6.54 Å². The van der Waals surface area contributed by atoms with Crippen molar-refractivity contribution in [3.8, 4) is 11.5 Å². The number of anilines is 1. The van der Waals surface area contributed by atoms with Gasteiger partial charge in [-0.05, 0) is 41.3 Å². The summed E-state index contributed by atoms with van der Waals surface area (Å²) in [5.74, 6) is 0.537. The van der Waals surface area contributed by atoms with Gasteiger partial charge < -0.3 is 14.9 Å². The molecule has 2 aromatic carbocycles. The van der Waals surface area contributed by atoms with Crippen LogP contribution in [-0.2, 0) is 6.54 Å². The quantitative estimate of drug-likeness (QED) is 0.380. The maximum Gasteiger partial charge on any atom is 0.353 e. The molecule has 5 nitrogen and oxygen atoms in total. The molecule has 0 saturated carbocycles. The van der Waals surface area contributed by atoms with Crippen LogP contribution in [0.3, 0.4) is 0 Å². The van der Waals surface area contributed by atoms with Crippen LogP contribution in [0.4, 0.5) is 5.69 Å². The first-order valence-corrected chi connectivity index (χ1v) is 8.61. The van der Waals surface area contributed by atoms with E-state index >= 15 is 0 Å². The lowest BCUT2D eigenvalue weighted by Gasteiger charge is -2.12. The van der Waals surface area contributed by atoms with Gasteiger partial charge in [0.1, 0.15) is 4.88 Å². The number of carbonyl (C=O) groups is 1. The Bertz CT molecular complexity index is 820. The number of benzene rings is 2. The van der Waals surface area contributed by atoms with Gasteiger partial charge in [0, 0.05) is 12.2 Å². The molecule has 0 saturated heterocycles. The molecular formula is C19H18N2O3S. The number of methoxy groups -OCH3 is 1. The third kappa shape index (κ3) is 4.59. The zero-order valence-corrected chi connectivity index (χ0v) is 14.5. The number of thiophene rings is 1. The van der Waals surface area contributed by atoms with Crippen molar-refractivity contribution < 1.29 is 14.3 Å². The molecule has 0 unspecified atom stereocenters. The van der Waals surface area contributed by atoms with Crippen molar-refractivity contribution >= 4 is 23.0 Å². The van der Waals surface area contributed by atoms with Gasteiger partial charge in [0.25, 0.3) is 0 Å². The summed E-state index contributed by atoms with van der Waals surface area (Å²) in [5.41, 5.74) is 8.24. The summed E-state index contributed by atoms with van der Waals surface area (Å²) in [6.45, 7) is 0.588. The number of hydrogen-bond acceptors (Lipinski definition) is 6. The monoisotopic (exact) mass is 354 g/mol. The molecule has 0 bridgehead atoms. The van der Waals surface area contributed by atoms with Crippen molar-refractivity contribution in [1.29, 1.82) is 0 Å². The van der Waals surface area contributed by atoms with Crippen molar-refractivity contribution in [2.24, 2.45) is 0 Å². The summed E-state index contributed by atoms with van der Waals surface area (Å²) in [6.07, 6.45) is 0. The number of carbonyl (C=O) groups excluding carboxylic acids is 1. The number of ether oxygens (including phenoxy) is 2. The maximum absolute atomic E-state index is 12.1. The molecule has 0 aliphatic rings. The largest absolute Gasteiger partial charge is 0.493 e. The third-order valence-electron chi connectivity index (χ3n) is 3.45. The SMILES string of the molecule is COc1cc(CNNc2ccccc2)ccc1OC(=O)c1cccs1. The van der Waals surface area contributed by atoms with Crippen LogP contribution in [0.15, 0.2) is 66.0 Å². The molecule has 2 N–H and O–H groups in total. The van der Waals surface area contributed by atoms with Crippen LogP contribution in [-0.4, -0.2) is 13.1 Å². The molecule has 25 heavy (non-hydrogen) atoms. The molecule has 6 heteroatoms. The Kier molecular flexibility index (Phi) is 5.66. The number of hydrogen-bond donors (Lipinski definition) is 2. The lowest BCUT2D eigenvalue weighted by atomic mass is 10.2. The van der Waals surface area contributed by atoms with Crippen LogP contribution >= 0.6 is 11.3 Å². The van der Waals surface area contributed by atoms with Crippen molar-refractivity contribution in [1.82, 2.24) is 5.43 Å². The smallest absolute Gasteiger partial charge is 0.353 e. The van der Waals surface area contributed by atoms with E-state index in [1.807, 2.05) is 53.9 Å². The predicted octanol–water partition coefficient (Wildman–Crippen LogP) is 4.09. The van der Waals surface area contributed by atoms with E-state index in [9.17, 15) is 4.79 Å². The average molecular weight is 354 g/mol. The normalized spacial score (nSPS) is 10.3. The van der Waals surface area contributed by atoms with Crippen LogP contribution in [0.1, 0.15) is 15.2 Å². The third-order valence-corrected chi connectivity index (χ3v) is 4.30. The van der Waals surface area contributed by atoms with Gasteiger partial charge in [-0.1, -0.05) is 30.3 Å². The molecule has 1 heterocycles. The van der Waals surface area contributed by atoms with E-state index in [4.69, 9.17) is 9.47 Å². The van der Waals surface area contributed by atoms with Gasteiger partial charge in [0.15, 0.2) is 11.5 Å². The van der Waals surface area contributed by atoms with Crippen LogP contribution in [0, 0.1) is 0 Å². The van der Waals surface area contributed by atoms with Crippen molar-refractivity contribution in [2.75, 3.05) is 12.5 Å². The summed E-state index contributed by atoms with van der Waals surface area (Å²) >= 11 is 1.34. The second-order valence-corrected chi connectivity index (χ2v) is 6.14. The van der Waals surface area contributed by atoms with Crippen molar-refractivity contribution in [3.63, 3.8) is 0 Å². The standard InChI is InChI=1S/C19H18N2O3S/c1-23-17-12-14(13-20-21-15-6-3-2-4-7-15)9-10-16(17)24-19(22)18-8-5-11-25-18/h2-12,20-21H,13H2,1H3. The van der Waals surface area contributed by atoms with E-state index in [1.54, 1.807) is 19.2 Å². The molecule has 0 amide bonds. The van der Waals surface area contributed by atoms with Crippen molar-refractivity contribution in [3.05, 3.63) is 76.5 Å². The van der Waals surface area contributed by atoms with E-state index in [1.165, 1.54) is 11.3 Å². The zero-order valence-electron chi connectivity index (χ0n) is 13.7. The minimum Gasteiger partial charge on any atom is -0.493 e. The van der Waals surface area contributed by atoms with E-state index in [2.05, 4.69) is 10.9 Å². The Morgan fingerprint density at radius 1 is 1.04 bits per heavy atom. The molecule has 0 fully saturated rings. The molecular weight excluding hydrogens is 336 g/mol. The average Bonchev–Trinajstić information content (AvgIpc) is 3.18. The van der Waals surface area contributed by atoms with Crippen LogP contribution in [0.25, 0.3) is 0 Å². The van der Waals surface area contributed by atoms with Gasteiger partial charge in [-0.3, -0.25) is 0 Å². The predicted molar refractivity (Wildman–Crippen MR) is 99.2 cm³/mol. The molecule has 0 atom stereocenters. The summed E-state index contributed by atoms with van der Waals surface area (Å²) < 4.78 is 10.8. The fraction of sp³-hybridized carbons (Fsp3) is 0.105. The van der Waals surface area contributed by atoms with Crippen LogP contribution in [0.2, 0.25) is 0 Å². The fourth-order valence-electron chi connectivity index (χ4n) is 2.22. The van der Waals surface area contributed by atoms with E-state index in [0.717, 1.165) is 11.3 Å².